The third-order valence-corrected chi connectivity index (χ3v) is 5.14. The van der Waals surface area contributed by atoms with Gasteiger partial charge < -0.3 is 10.6 Å². The Hall–Kier alpha value is -2.21. The van der Waals surface area contributed by atoms with Crippen molar-refractivity contribution in [2.45, 2.75) is 32.2 Å². The smallest absolute Gasteiger partial charge is 0.228 e. The van der Waals surface area contributed by atoms with E-state index < -0.39 is 11.7 Å². The molecule has 2 N–H and O–H groups in total. The zero-order chi connectivity index (χ0) is 17.3. The van der Waals surface area contributed by atoms with Crippen LogP contribution in [0.4, 0.5) is 10.1 Å². The number of nitrogens with one attached hydrogen (secondary N) is 2. The van der Waals surface area contributed by atoms with Gasteiger partial charge in [-0.1, -0.05) is 26.0 Å². The van der Waals surface area contributed by atoms with Gasteiger partial charge in [-0.25, -0.2) is 4.39 Å². The standard InChI is InChI=1S/C18H19FN2O2S/c1-10(2)17(15-4-3-7-24-15)21-18(23)13-9-16(22)20-14-8-11(19)5-6-12(13)14/h3-8,10,13,17H,9H2,1-2H3,(H,20,22)(H,21,23)/t13-,17-/m0/s1. The maximum absolute atomic E-state index is 13.4. The van der Waals surface area contributed by atoms with Crippen molar-refractivity contribution in [3.8, 4) is 0 Å². The molecule has 0 fully saturated rings. The fourth-order valence-electron chi connectivity index (χ4n) is 2.96. The average Bonchev–Trinajstić information content (AvgIpc) is 3.04. The minimum Gasteiger partial charge on any atom is -0.348 e. The maximum Gasteiger partial charge on any atom is 0.228 e. The molecule has 3 rings (SSSR count). The Morgan fingerprint density at radius 2 is 2.17 bits per heavy atom. The molecule has 0 spiro atoms. The van der Waals surface area contributed by atoms with Gasteiger partial charge in [0.2, 0.25) is 11.8 Å². The van der Waals surface area contributed by atoms with Gasteiger partial charge in [-0.2, -0.15) is 0 Å². The number of halogens is 1. The van der Waals surface area contributed by atoms with E-state index in [4.69, 9.17) is 0 Å². The lowest BCUT2D eigenvalue weighted by molar-refractivity contribution is -0.127. The van der Waals surface area contributed by atoms with Gasteiger partial charge in [0, 0.05) is 17.0 Å². The molecular weight excluding hydrogens is 327 g/mol. The van der Waals surface area contributed by atoms with E-state index in [0.29, 0.717) is 11.3 Å². The van der Waals surface area contributed by atoms with E-state index in [0.717, 1.165) is 4.88 Å². The summed E-state index contributed by atoms with van der Waals surface area (Å²) in [6.07, 6.45) is 0.0692. The number of rotatable bonds is 4. The fraction of sp³-hybridized carbons (Fsp3) is 0.333. The summed E-state index contributed by atoms with van der Waals surface area (Å²) in [5, 5.41) is 7.67. The first-order valence-corrected chi connectivity index (χ1v) is 8.76. The number of benzene rings is 1. The molecule has 1 aliphatic rings. The monoisotopic (exact) mass is 346 g/mol. The van der Waals surface area contributed by atoms with Crippen LogP contribution in [-0.4, -0.2) is 11.8 Å². The van der Waals surface area contributed by atoms with Crippen molar-refractivity contribution >= 4 is 28.8 Å². The Balaban J connectivity index is 1.86. The van der Waals surface area contributed by atoms with Gasteiger partial charge in [0.15, 0.2) is 0 Å². The molecule has 0 bridgehead atoms. The van der Waals surface area contributed by atoms with Crippen LogP contribution in [0.1, 0.15) is 42.7 Å². The Morgan fingerprint density at radius 1 is 1.38 bits per heavy atom. The Bertz CT molecular complexity index is 758. The van der Waals surface area contributed by atoms with E-state index >= 15 is 0 Å². The van der Waals surface area contributed by atoms with E-state index in [1.807, 2.05) is 31.4 Å². The predicted molar refractivity (Wildman–Crippen MR) is 92.4 cm³/mol. The molecule has 2 amide bonds. The number of amides is 2. The van der Waals surface area contributed by atoms with Crippen LogP contribution in [0.2, 0.25) is 0 Å². The highest BCUT2D eigenvalue weighted by Gasteiger charge is 2.32. The molecule has 6 heteroatoms. The number of hydrogen-bond acceptors (Lipinski definition) is 3. The Labute approximate surface area is 144 Å². The normalized spacial score (nSPS) is 18.0. The van der Waals surface area contributed by atoms with Crippen LogP contribution in [0.5, 0.6) is 0 Å². The molecule has 0 radical (unpaired) electrons. The summed E-state index contributed by atoms with van der Waals surface area (Å²) in [6.45, 7) is 4.09. The summed E-state index contributed by atoms with van der Waals surface area (Å²) in [7, 11) is 0. The van der Waals surface area contributed by atoms with E-state index in [9.17, 15) is 14.0 Å². The average molecular weight is 346 g/mol. The maximum atomic E-state index is 13.4. The van der Waals surface area contributed by atoms with Crippen LogP contribution >= 0.6 is 11.3 Å². The van der Waals surface area contributed by atoms with Gasteiger partial charge in [-0.15, -0.1) is 11.3 Å². The molecular formula is C18H19FN2O2S. The number of thiophene rings is 1. The summed E-state index contributed by atoms with van der Waals surface area (Å²) in [5.74, 6) is -1.29. The molecule has 1 aromatic carbocycles. The van der Waals surface area contributed by atoms with Gasteiger partial charge >= 0.3 is 0 Å². The van der Waals surface area contributed by atoms with Crippen molar-refractivity contribution in [2.24, 2.45) is 5.92 Å². The summed E-state index contributed by atoms with van der Waals surface area (Å²) < 4.78 is 13.4. The zero-order valence-electron chi connectivity index (χ0n) is 13.5. The molecule has 126 valence electrons. The van der Waals surface area contributed by atoms with Crippen molar-refractivity contribution in [3.63, 3.8) is 0 Å². The molecule has 0 saturated carbocycles. The second kappa shape index (κ2) is 6.73. The van der Waals surface area contributed by atoms with E-state index in [-0.39, 0.29) is 30.2 Å². The van der Waals surface area contributed by atoms with Gasteiger partial charge in [0.1, 0.15) is 5.82 Å². The molecule has 2 atom stereocenters. The van der Waals surface area contributed by atoms with Crippen molar-refractivity contribution in [2.75, 3.05) is 5.32 Å². The number of carbonyl (C=O) groups excluding carboxylic acids is 2. The van der Waals surface area contributed by atoms with Crippen LogP contribution in [0.15, 0.2) is 35.7 Å². The molecule has 24 heavy (non-hydrogen) atoms. The zero-order valence-corrected chi connectivity index (χ0v) is 14.3. The number of anilines is 1. The summed E-state index contributed by atoms with van der Waals surface area (Å²) in [6, 6.07) is 7.98. The highest BCUT2D eigenvalue weighted by atomic mass is 32.1. The van der Waals surface area contributed by atoms with Crippen LogP contribution < -0.4 is 10.6 Å². The van der Waals surface area contributed by atoms with Crippen LogP contribution in [0, 0.1) is 11.7 Å². The molecule has 1 aromatic heterocycles. The van der Waals surface area contributed by atoms with E-state index in [1.54, 1.807) is 17.4 Å². The van der Waals surface area contributed by atoms with Gasteiger partial charge in [-0.3, -0.25) is 9.59 Å². The Kier molecular flexibility index (Phi) is 4.66. The molecule has 2 aromatic rings. The lowest BCUT2D eigenvalue weighted by Gasteiger charge is -2.28. The van der Waals surface area contributed by atoms with Crippen molar-refractivity contribution in [1.82, 2.24) is 5.32 Å². The SMILES string of the molecule is CC(C)[C@H](NC(=O)[C@H]1CC(=O)Nc2cc(F)ccc21)c1cccs1. The fourth-order valence-corrected chi connectivity index (χ4v) is 3.91. The number of hydrogen-bond donors (Lipinski definition) is 2. The van der Waals surface area contributed by atoms with Gasteiger partial charge in [0.05, 0.1) is 12.0 Å². The van der Waals surface area contributed by atoms with Crippen molar-refractivity contribution < 1.29 is 14.0 Å². The lowest BCUT2D eigenvalue weighted by atomic mass is 9.89. The minimum absolute atomic E-state index is 0.0692. The molecule has 2 heterocycles. The number of fused-ring (bicyclic) bond motifs is 1. The molecule has 0 unspecified atom stereocenters. The quantitative estimate of drug-likeness (QED) is 0.884. The van der Waals surface area contributed by atoms with Gasteiger partial charge in [-0.05, 0) is 35.1 Å². The van der Waals surface area contributed by atoms with Crippen LogP contribution in [-0.2, 0) is 9.59 Å². The van der Waals surface area contributed by atoms with Crippen LogP contribution in [0.3, 0.4) is 0 Å². The predicted octanol–water partition coefficient (Wildman–Crippen LogP) is 3.83. The van der Waals surface area contributed by atoms with E-state index in [2.05, 4.69) is 10.6 Å². The highest BCUT2D eigenvalue weighted by Crippen LogP contribution is 2.34. The largest absolute Gasteiger partial charge is 0.348 e. The third kappa shape index (κ3) is 3.33. The van der Waals surface area contributed by atoms with Crippen molar-refractivity contribution in [3.05, 3.63) is 52.0 Å². The second-order valence-corrected chi connectivity index (χ2v) is 7.26. The summed E-state index contributed by atoms with van der Waals surface area (Å²) in [5.41, 5.74) is 1.03. The van der Waals surface area contributed by atoms with Gasteiger partial charge in [0.25, 0.3) is 0 Å². The minimum atomic E-state index is -0.601. The van der Waals surface area contributed by atoms with Crippen LogP contribution in [0.25, 0.3) is 0 Å². The second-order valence-electron chi connectivity index (χ2n) is 6.28. The summed E-state index contributed by atoms with van der Waals surface area (Å²) >= 11 is 1.59. The first-order chi connectivity index (χ1) is 11.5. The lowest BCUT2D eigenvalue weighted by Crippen LogP contribution is -2.38. The van der Waals surface area contributed by atoms with E-state index in [1.165, 1.54) is 12.1 Å². The summed E-state index contributed by atoms with van der Waals surface area (Å²) in [4.78, 5) is 25.8. The number of carbonyl (C=O) groups is 2. The third-order valence-electron chi connectivity index (χ3n) is 4.18. The molecule has 0 aliphatic carbocycles. The first-order valence-electron chi connectivity index (χ1n) is 7.88. The van der Waals surface area contributed by atoms with Crippen molar-refractivity contribution in [1.29, 1.82) is 0 Å². The molecule has 0 saturated heterocycles. The topological polar surface area (TPSA) is 58.2 Å². The molecule has 1 aliphatic heterocycles. The molecule has 4 nitrogen and oxygen atoms in total. The Morgan fingerprint density at radius 3 is 2.83 bits per heavy atom. The first kappa shape index (κ1) is 16.6. The highest BCUT2D eigenvalue weighted by molar-refractivity contribution is 7.10.